The smallest absolute Gasteiger partial charge is 0.337 e. The zero-order valence-corrected chi connectivity index (χ0v) is 14.6. The van der Waals surface area contributed by atoms with Gasteiger partial charge in [-0.05, 0) is 18.9 Å². The van der Waals surface area contributed by atoms with Crippen LogP contribution in [-0.4, -0.2) is 72.6 Å². The fourth-order valence-corrected chi connectivity index (χ4v) is 3.82. The van der Waals surface area contributed by atoms with Gasteiger partial charge in [-0.1, -0.05) is 0 Å². The molecule has 2 aliphatic heterocycles. The minimum Gasteiger partial charge on any atom is -0.478 e. The normalized spacial score (nSPS) is 22.9. The summed E-state index contributed by atoms with van der Waals surface area (Å²) in [5, 5.41) is 9.44. The number of likely N-dealkylation sites (tertiary alicyclic amines) is 1. The standard InChI is InChI=1S/C17H24N2O6/c1-23-8-11-3-4-12(9-24-2)19(11)16(20)14-7-13(17(21)22)15-10-25-6-5-18(14)15/h7,11-12H,3-6,8-10H2,1-2H3,(H,21,22)/t11-,12-/m1/s1. The minimum absolute atomic E-state index is 0.0306. The van der Waals surface area contributed by atoms with Gasteiger partial charge in [-0.15, -0.1) is 0 Å². The molecule has 1 amide bonds. The first-order valence-corrected chi connectivity index (χ1v) is 8.42. The number of nitrogens with zero attached hydrogens (tertiary/aromatic N) is 2. The number of carboxylic acid groups (broad SMARTS) is 1. The molecule has 0 spiro atoms. The van der Waals surface area contributed by atoms with Crippen LogP contribution in [0.3, 0.4) is 0 Å². The van der Waals surface area contributed by atoms with Crippen LogP contribution in [0, 0.1) is 0 Å². The van der Waals surface area contributed by atoms with Gasteiger partial charge in [0.05, 0.1) is 49.8 Å². The Balaban J connectivity index is 1.96. The quantitative estimate of drug-likeness (QED) is 0.821. The summed E-state index contributed by atoms with van der Waals surface area (Å²) in [5.74, 6) is -1.21. The van der Waals surface area contributed by atoms with Crippen LogP contribution in [0.4, 0.5) is 0 Å². The van der Waals surface area contributed by atoms with Crippen molar-refractivity contribution < 1.29 is 28.9 Å². The molecule has 0 radical (unpaired) electrons. The molecule has 8 nitrogen and oxygen atoms in total. The summed E-state index contributed by atoms with van der Waals surface area (Å²) in [6.45, 7) is 2.05. The third-order valence-electron chi connectivity index (χ3n) is 4.93. The highest BCUT2D eigenvalue weighted by molar-refractivity contribution is 5.98. The van der Waals surface area contributed by atoms with E-state index in [-0.39, 0.29) is 30.2 Å². The van der Waals surface area contributed by atoms with Crippen LogP contribution in [0.2, 0.25) is 0 Å². The van der Waals surface area contributed by atoms with Gasteiger partial charge in [0.2, 0.25) is 0 Å². The Morgan fingerprint density at radius 2 is 1.88 bits per heavy atom. The number of carbonyl (C=O) groups is 2. The molecule has 25 heavy (non-hydrogen) atoms. The zero-order chi connectivity index (χ0) is 18.0. The molecule has 8 heteroatoms. The van der Waals surface area contributed by atoms with E-state index in [2.05, 4.69) is 0 Å². The summed E-state index contributed by atoms with van der Waals surface area (Å²) in [4.78, 5) is 26.6. The Hall–Kier alpha value is -1.90. The summed E-state index contributed by atoms with van der Waals surface area (Å²) in [6, 6.07) is 1.41. The Kier molecular flexibility index (Phi) is 5.41. The van der Waals surface area contributed by atoms with Gasteiger partial charge in [-0.2, -0.15) is 0 Å². The molecule has 0 saturated carbocycles. The lowest BCUT2D eigenvalue weighted by Gasteiger charge is -2.30. The summed E-state index contributed by atoms with van der Waals surface area (Å²) >= 11 is 0. The van der Waals surface area contributed by atoms with E-state index in [4.69, 9.17) is 14.2 Å². The predicted molar refractivity (Wildman–Crippen MR) is 87.8 cm³/mol. The van der Waals surface area contributed by atoms with Crippen molar-refractivity contribution in [2.45, 2.75) is 38.1 Å². The van der Waals surface area contributed by atoms with E-state index < -0.39 is 5.97 Å². The average Bonchev–Trinajstić information content (AvgIpc) is 3.17. The van der Waals surface area contributed by atoms with Crippen molar-refractivity contribution in [1.29, 1.82) is 0 Å². The number of carboxylic acids is 1. The van der Waals surface area contributed by atoms with Gasteiger partial charge in [0.1, 0.15) is 5.69 Å². The molecule has 1 aromatic heterocycles. The van der Waals surface area contributed by atoms with Gasteiger partial charge in [0.15, 0.2) is 0 Å². The maximum atomic E-state index is 13.3. The first kappa shape index (κ1) is 17.9. The van der Waals surface area contributed by atoms with E-state index in [1.807, 2.05) is 0 Å². The van der Waals surface area contributed by atoms with Gasteiger partial charge in [0, 0.05) is 20.8 Å². The molecule has 0 bridgehead atoms. The number of amides is 1. The van der Waals surface area contributed by atoms with E-state index in [0.29, 0.717) is 37.8 Å². The lowest BCUT2D eigenvalue weighted by Crippen LogP contribution is -2.45. The highest BCUT2D eigenvalue weighted by Crippen LogP contribution is 2.29. The second-order valence-electron chi connectivity index (χ2n) is 6.41. The summed E-state index contributed by atoms with van der Waals surface area (Å²) in [5.41, 5.74) is 1.08. The topological polar surface area (TPSA) is 90.2 Å². The minimum atomic E-state index is -1.04. The fourth-order valence-electron chi connectivity index (χ4n) is 3.82. The maximum absolute atomic E-state index is 13.3. The maximum Gasteiger partial charge on any atom is 0.337 e. The number of ether oxygens (including phenoxy) is 3. The van der Waals surface area contributed by atoms with E-state index in [0.717, 1.165) is 12.8 Å². The van der Waals surface area contributed by atoms with Crippen molar-refractivity contribution in [3.8, 4) is 0 Å². The molecule has 1 aromatic rings. The third-order valence-corrected chi connectivity index (χ3v) is 4.93. The van der Waals surface area contributed by atoms with Crippen LogP contribution >= 0.6 is 0 Å². The Morgan fingerprint density at radius 1 is 1.24 bits per heavy atom. The van der Waals surface area contributed by atoms with Crippen molar-refractivity contribution in [2.75, 3.05) is 34.0 Å². The number of methoxy groups -OCH3 is 2. The summed E-state index contributed by atoms with van der Waals surface area (Å²) in [7, 11) is 3.23. The van der Waals surface area contributed by atoms with Crippen molar-refractivity contribution in [1.82, 2.24) is 9.47 Å². The Labute approximate surface area is 146 Å². The van der Waals surface area contributed by atoms with Crippen LogP contribution in [0.5, 0.6) is 0 Å². The van der Waals surface area contributed by atoms with Crippen molar-refractivity contribution in [3.63, 3.8) is 0 Å². The van der Waals surface area contributed by atoms with E-state index in [1.165, 1.54) is 6.07 Å². The third kappa shape index (κ3) is 3.29. The highest BCUT2D eigenvalue weighted by Gasteiger charge is 2.39. The first-order chi connectivity index (χ1) is 12.1. The average molecular weight is 352 g/mol. The number of hydrogen-bond acceptors (Lipinski definition) is 5. The van der Waals surface area contributed by atoms with Gasteiger partial charge in [0.25, 0.3) is 5.91 Å². The van der Waals surface area contributed by atoms with E-state index in [1.54, 1.807) is 23.7 Å². The van der Waals surface area contributed by atoms with Gasteiger partial charge in [-0.25, -0.2) is 4.79 Å². The van der Waals surface area contributed by atoms with Crippen LogP contribution < -0.4 is 0 Å². The molecule has 1 N–H and O–H groups in total. The SMILES string of the molecule is COC[C@H]1CC[C@H](COC)N1C(=O)c1cc(C(=O)O)c2n1CCOC2. The van der Waals surface area contributed by atoms with Gasteiger partial charge in [-0.3, -0.25) is 4.79 Å². The number of hydrogen-bond donors (Lipinski definition) is 1. The van der Waals surface area contributed by atoms with Crippen LogP contribution in [0.15, 0.2) is 6.07 Å². The molecule has 2 aliphatic rings. The lowest BCUT2D eigenvalue weighted by atomic mass is 10.2. The van der Waals surface area contributed by atoms with Crippen molar-refractivity contribution >= 4 is 11.9 Å². The predicted octanol–water partition coefficient (Wildman–Crippen LogP) is 0.982. The number of carbonyl (C=O) groups excluding carboxylic acids is 1. The van der Waals surface area contributed by atoms with E-state index >= 15 is 0 Å². The molecule has 0 aliphatic carbocycles. The molecule has 138 valence electrons. The van der Waals surface area contributed by atoms with Crippen LogP contribution in [-0.2, 0) is 27.4 Å². The summed E-state index contributed by atoms with van der Waals surface area (Å²) < 4.78 is 17.7. The molecular weight excluding hydrogens is 328 g/mol. The highest BCUT2D eigenvalue weighted by atomic mass is 16.5. The number of aromatic nitrogens is 1. The molecule has 3 rings (SSSR count). The number of fused-ring (bicyclic) bond motifs is 1. The van der Waals surface area contributed by atoms with Gasteiger partial charge < -0.3 is 28.8 Å². The van der Waals surface area contributed by atoms with Gasteiger partial charge >= 0.3 is 5.97 Å². The largest absolute Gasteiger partial charge is 0.478 e. The molecule has 2 atom stereocenters. The molecule has 0 aromatic carbocycles. The van der Waals surface area contributed by atoms with Crippen molar-refractivity contribution in [2.24, 2.45) is 0 Å². The van der Waals surface area contributed by atoms with Crippen LogP contribution in [0.25, 0.3) is 0 Å². The van der Waals surface area contributed by atoms with Crippen LogP contribution in [0.1, 0.15) is 39.4 Å². The molecule has 1 saturated heterocycles. The summed E-state index contributed by atoms with van der Waals surface area (Å²) in [6.07, 6.45) is 1.69. The Bertz CT molecular complexity index is 642. The molecule has 1 fully saturated rings. The van der Waals surface area contributed by atoms with E-state index in [9.17, 15) is 14.7 Å². The molecule has 3 heterocycles. The van der Waals surface area contributed by atoms with Crippen molar-refractivity contribution in [3.05, 3.63) is 23.0 Å². The lowest BCUT2D eigenvalue weighted by molar-refractivity contribution is 0.0397. The number of aromatic carboxylic acids is 1. The number of rotatable bonds is 6. The molecular formula is C17H24N2O6. The monoisotopic (exact) mass is 352 g/mol. The second-order valence-corrected chi connectivity index (χ2v) is 6.41. The first-order valence-electron chi connectivity index (χ1n) is 8.42. The fraction of sp³-hybridized carbons (Fsp3) is 0.647. The zero-order valence-electron chi connectivity index (χ0n) is 14.6. The Morgan fingerprint density at radius 3 is 2.44 bits per heavy atom. The second kappa shape index (κ2) is 7.55. The molecule has 0 unspecified atom stereocenters.